The molecule has 0 aliphatic carbocycles. The van der Waals surface area contributed by atoms with Gasteiger partial charge in [0.25, 0.3) is 0 Å². The number of rotatable bonds is 7. The predicted molar refractivity (Wildman–Crippen MR) is 112 cm³/mol. The average Bonchev–Trinajstić information content (AvgIpc) is 3.08. The van der Waals surface area contributed by atoms with E-state index in [9.17, 15) is 9.59 Å². The molecule has 3 rings (SSSR count). The molecule has 5 nitrogen and oxygen atoms in total. The maximum absolute atomic E-state index is 12.4. The first-order chi connectivity index (χ1) is 13.5. The highest BCUT2D eigenvalue weighted by Crippen LogP contribution is 2.18. The lowest BCUT2D eigenvalue weighted by Gasteiger charge is -2.15. The first-order valence-electron chi connectivity index (χ1n) is 9.13. The molecular formula is C22H23N3O2S. The SMILES string of the molecule is CC(=O)Nc1cccc(C(C)NC(=O)Cc2csc(Cc3ccccc3)n2)c1. The maximum atomic E-state index is 12.4. The fraction of sp³-hybridized carbons (Fsp3) is 0.227. The molecule has 0 radical (unpaired) electrons. The zero-order chi connectivity index (χ0) is 19.9. The number of nitrogens with zero attached hydrogens (tertiary/aromatic N) is 1. The summed E-state index contributed by atoms with van der Waals surface area (Å²) in [6, 6.07) is 17.5. The number of aromatic nitrogens is 1. The van der Waals surface area contributed by atoms with Crippen LogP contribution in [0, 0.1) is 0 Å². The minimum atomic E-state index is -0.163. The van der Waals surface area contributed by atoms with Crippen molar-refractivity contribution in [2.75, 3.05) is 5.32 Å². The Hall–Kier alpha value is -2.99. The van der Waals surface area contributed by atoms with Crippen molar-refractivity contribution in [2.24, 2.45) is 0 Å². The molecule has 2 aromatic carbocycles. The van der Waals surface area contributed by atoms with Crippen molar-refractivity contribution >= 4 is 28.8 Å². The highest BCUT2D eigenvalue weighted by Gasteiger charge is 2.13. The molecule has 0 bridgehead atoms. The van der Waals surface area contributed by atoms with Crippen LogP contribution in [0.15, 0.2) is 60.0 Å². The molecule has 2 amide bonds. The van der Waals surface area contributed by atoms with E-state index in [2.05, 4.69) is 27.8 Å². The lowest BCUT2D eigenvalue weighted by atomic mass is 10.1. The Balaban J connectivity index is 1.56. The summed E-state index contributed by atoms with van der Waals surface area (Å²) in [6.45, 7) is 3.39. The molecule has 6 heteroatoms. The molecule has 1 aromatic heterocycles. The molecule has 0 saturated heterocycles. The van der Waals surface area contributed by atoms with Crippen LogP contribution < -0.4 is 10.6 Å². The second-order valence-corrected chi connectivity index (χ2v) is 7.61. The number of anilines is 1. The summed E-state index contributed by atoms with van der Waals surface area (Å²) >= 11 is 1.58. The van der Waals surface area contributed by atoms with Gasteiger partial charge in [-0.3, -0.25) is 9.59 Å². The van der Waals surface area contributed by atoms with Crippen LogP contribution in [-0.2, 0) is 22.4 Å². The van der Waals surface area contributed by atoms with Gasteiger partial charge in [-0.25, -0.2) is 4.98 Å². The quantitative estimate of drug-likeness (QED) is 0.634. The van der Waals surface area contributed by atoms with Crippen molar-refractivity contribution in [1.82, 2.24) is 10.3 Å². The van der Waals surface area contributed by atoms with E-state index in [4.69, 9.17) is 0 Å². The summed E-state index contributed by atoms with van der Waals surface area (Å²) in [6.07, 6.45) is 1.03. The maximum Gasteiger partial charge on any atom is 0.226 e. The van der Waals surface area contributed by atoms with Crippen molar-refractivity contribution in [3.05, 3.63) is 81.8 Å². The highest BCUT2D eigenvalue weighted by atomic mass is 32.1. The number of amides is 2. The van der Waals surface area contributed by atoms with Gasteiger partial charge in [-0.15, -0.1) is 11.3 Å². The van der Waals surface area contributed by atoms with Crippen molar-refractivity contribution in [3.8, 4) is 0 Å². The van der Waals surface area contributed by atoms with E-state index < -0.39 is 0 Å². The molecule has 0 aliphatic heterocycles. The third-order valence-corrected chi connectivity index (χ3v) is 5.12. The van der Waals surface area contributed by atoms with Gasteiger partial charge in [-0.1, -0.05) is 42.5 Å². The van der Waals surface area contributed by atoms with Gasteiger partial charge in [0, 0.05) is 24.4 Å². The minimum absolute atomic E-state index is 0.0750. The molecule has 144 valence electrons. The van der Waals surface area contributed by atoms with E-state index in [1.54, 1.807) is 11.3 Å². The highest BCUT2D eigenvalue weighted by molar-refractivity contribution is 7.09. The summed E-state index contributed by atoms with van der Waals surface area (Å²) in [5.74, 6) is -0.197. The van der Waals surface area contributed by atoms with Crippen LogP contribution in [0.4, 0.5) is 5.69 Å². The number of carbonyl (C=O) groups is 2. The van der Waals surface area contributed by atoms with Crippen LogP contribution in [0.1, 0.15) is 41.7 Å². The molecule has 2 N–H and O–H groups in total. The molecule has 0 aliphatic rings. The van der Waals surface area contributed by atoms with E-state index in [1.165, 1.54) is 12.5 Å². The van der Waals surface area contributed by atoms with Crippen molar-refractivity contribution in [2.45, 2.75) is 32.7 Å². The van der Waals surface area contributed by atoms with Gasteiger partial charge in [-0.2, -0.15) is 0 Å². The summed E-state index contributed by atoms with van der Waals surface area (Å²) in [4.78, 5) is 28.2. The topological polar surface area (TPSA) is 71.1 Å². The van der Waals surface area contributed by atoms with Crippen LogP contribution in [0.5, 0.6) is 0 Å². The standard InChI is InChI=1S/C22H23N3O2S/c1-15(18-9-6-10-19(12-18)24-16(2)26)23-21(27)13-20-14-28-22(25-20)11-17-7-4-3-5-8-17/h3-10,12,14-15H,11,13H2,1-2H3,(H,23,27)(H,24,26). The molecule has 1 unspecified atom stereocenters. The molecule has 3 aromatic rings. The molecule has 1 atom stereocenters. The summed E-state index contributed by atoms with van der Waals surface area (Å²) in [7, 11) is 0. The van der Waals surface area contributed by atoms with Gasteiger partial charge in [0.2, 0.25) is 11.8 Å². The molecule has 0 fully saturated rings. The monoisotopic (exact) mass is 393 g/mol. The Kier molecular flexibility index (Phi) is 6.55. The molecule has 0 spiro atoms. The Morgan fingerprint density at radius 1 is 1.11 bits per heavy atom. The third kappa shape index (κ3) is 5.76. The average molecular weight is 394 g/mol. The van der Waals surface area contributed by atoms with Gasteiger partial charge in [0.05, 0.1) is 23.2 Å². The lowest BCUT2D eigenvalue weighted by Crippen LogP contribution is -2.28. The number of nitrogens with one attached hydrogen (secondary N) is 2. The van der Waals surface area contributed by atoms with Crippen LogP contribution in [0.25, 0.3) is 0 Å². The third-order valence-electron chi connectivity index (χ3n) is 4.22. The van der Waals surface area contributed by atoms with Gasteiger partial charge >= 0.3 is 0 Å². The van der Waals surface area contributed by atoms with Crippen LogP contribution >= 0.6 is 11.3 Å². The second-order valence-electron chi connectivity index (χ2n) is 6.67. The first-order valence-corrected chi connectivity index (χ1v) is 10.0. The largest absolute Gasteiger partial charge is 0.349 e. The molecular weight excluding hydrogens is 370 g/mol. The number of carbonyl (C=O) groups excluding carboxylic acids is 2. The summed E-state index contributed by atoms with van der Waals surface area (Å²) in [5, 5.41) is 8.70. The van der Waals surface area contributed by atoms with Gasteiger partial charge in [0.15, 0.2) is 0 Å². The summed E-state index contributed by atoms with van der Waals surface area (Å²) in [5.41, 5.74) is 3.65. The van der Waals surface area contributed by atoms with Gasteiger partial charge in [0.1, 0.15) is 0 Å². The number of thiazole rings is 1. The van der Waals surface area contributed by atoms with Crippen LogP contribution in [0.3, 0.4) is 0 Å². The zero-order valence-corrected chi connectivity index (χ0v) is 16.8. The number of benzene rings is 2. The second kappa shape index (κ2) is 9.28. The summed E-state index contributed by atoms with van der Waals surface area (Å²) < 4.78 is 0. The van der Waals surface area contributed by atoms with E-state index in [1.807, 2.05) is 54.8 Å². The van der Waals surface area contributed by atoms with E-state index in [0.717, 1.165) is 28.4 Å². The Morgan fingerprint density at radius 3 is 2.64 bits per heavy atom. The van der Waals surface area contributed by atoms with Crippen molar-refractivity contribution in [1.29, 1.82) is 0 Å². The van der Waals surface area contributed by atoms with Crippen molar-refractivity contribution in [3.63, 3.8) is 0 Å². The van der Waals surface area contributed by atoms with E-state index in [-0.39, 0.29) is 24.3 Å². The Bertz CT molecular complexity index is 953. The fourth-order valence-electron chi connectivity index (χ4n) is 2.91. The van der Waals surface area contributed by atoms with E-state index >= 15 is 0 Å². The zero-order valence-electron chi connectivity index (χ0n) is 15.9. The number of hydrogen-bond acceptors (Lipinski definition) is 4. The Morgan fingerprint density at radius 2 is 1.89 bits per heavy atom. The van der Waals surface area contributed by atoms with Gasteiger partial charge < -0.3 is 10.6 Å². The lowest BCUT2D eigenvalue weighted by molar-refractivity contribution is -0.121. The van der Waals surface area contributed by atoms with Crippen molar-refractivity contribution < 1.29 is 9.59 Å². The van der Waals surface area contributed by atoms with E-state index in [0.29, 0.717) is 0 Å². The predicted octanol–water partition coefficient (Wildman–Crippen LogP) is 4.11. The molecule has 28 heavy (non-hydrogen) atoms. The van der Waals surface area contributed by atoms with Crippen LogP contribution in [-0.4, -0.2) is 16.8 Å². The normalized spacial score (nSPS) is 11.6. The Labute approximate surface area is 168 Å². The van der Waals surface area contributed by atoms with Gasteiger partial charge in [-0.05, 0) is 30.2 Å². The fourth-order valence-corrected chi connectivity index (χ4v) is 3.74. The van der Waals surface area contributed by atoms with Crippen LogP contribution in [0.2, 0.25) is 0 Å². The number of hydrogen-bond donors (Lipinski definition) is 2. The minimum Gasteiger partial charge on any atom is -0.349 e. The molecule has 1 heterocycles. The first kappa shape index (κ1) is 19.8. The smallest absolute Gasteiger partial charge is 0.226 e. The molecule has 0 saturated carbocycles.